The summed E-state index contributed by atoms with van der Waals surface area (Å²) < 4.78 is 0. The monoisotopic (exact) mass is 250 g/mol. The Labute approximate surface area is 106 Å². The Kier molecular flexibility index (Phi) is 2.81. The van der Waals surface area contributed by atoms with Crippen LogP contribution in [0, 0.1) is 11.8 Å². The quantitative estimate of drug-likeness (QED) is 0.822. The summed E-state index contributed by atoms with van der Waals surface area (Å²) in [6.07, 6.45) is 0. The van der Waals surface area contributed by atoms with Crippen LogP contribution in [0.2, 0.25) is 5.02 Å². The Hall–Kier alpha value is -1.06. The SMILES string of the molecule is O=C(c1ccccc1Cl)N1C[C@@H]2CNC[C@H]2C1. The highest BCUT2D eigenvalue weighted by molar-refractivity contribution is 6.33. The molecule has 2 heterocycles. The molecule has 0 radical (unpaired) electrons. The first kappa shape index (κ1) is 11.1. The maximum atomic E-state index is 12.3. The normalized spacial score (nSPS) is 27.2. The minimum atomic E-state index is 0.0741. The fraction of sp³-hybridized carbons (Fsp3) is 0.462. The Morgan fingerprint density at radius 3 is 2.53 bits per heavy atom. The Morgan fingerprint density at radius 1 is 1.24 bits per heavy atom. The Bertz CT molecular complexity index is 437. The van der Waals surface area contributed by atoms with Crippen LogP contribution in [-0.2, 0) is 0 Å². The van der Waals surface area contributed by atoms with E-state index in [2.05, 4.69) is 5.32 Å². The van der Waals surface area contributed by atoms with Gasteiger partial charge < -0.3 is 10.2 Å². The Balaban J connectivity index is 1.78. The van der Waals surface area contributed by atoms with Gasteiger partial charge in [0.15, 0.2) is 0 Å². The van der Waals surface area contributed by atoms with E-state index in [1.54, 1.807) is 12.1 Å². The van der Waals surface area contributed by atoms with Crippen molar-refractivity contribution in [1.29, 1.82) is 0 Å². The maximum absolute atomic E-state index is 12.3. The van der Waals surface area contributed by atoms with E-state index in [9.17, 15) is 4.79 Å². The Morgan fingerprint density at radius 2 is 1.88 bits per heavy atom. The van der Waals surface area contributed by atoms with E-state index in [0.29, 0.717) is 22.4 Å². The summed E-state index contributed by atoms with van der Waals surface area (Å²) in [6, 6.07) is 7.28. The molecule has 0 spiro atoms. The molecule has 1 aromatic rings. The van der Waals surface area contributed by atoms with E-state index in [4.69, 9.17) is 11.6 Å². The molecule has 1 N–H and O–H groups in total. The number of fused-ring (bicyclic) bond motifs is 1. The molecular formula is C13H15ClN2O. The largest absolute Gasteiger partial charge is 0.338 e. The molecule has 17 heavy (non-hydrogen) atoms. The molecule has 2 saturated heterocycles. The summed E-state index contributed by atoms with van der Waals surface area (Å²) in [5, 5.41) is 3.92. The summed E-state index contributed by atoms with van der Waals surface area (Å²) in [5.41, 5.74) is 0.627. The third-order valence-corrected chi connectivity index (χ3v) is 4.11. The van der Waals surface area contributed by atoms with Gasteiger partial charge in [-0.2, -0.15) is 0 Å². The first-order chi connectivity index (χ1) is 8.25. The molecule has 2 fully saturated rings. The van der Waals surface area contributed by atoms with E-state index >= 15 is 0 Å². The third-order valence-electron chi connectivity index (χ3n) is 3.78. The molecule has 2 atom stereocenters. The van der Waals surface area contributed by atoms with Crippen molar-refractivity contribution in [3.63, 3.8) is 0 Å². The van der Waals surface area contributed by atoms with Gasteiger partial charge in [0.25, 0.3) is 5.91 Å². The predicted octanol–water partition coefficient (Wildman–Crippen LogP) is 1.63. The zero-order valence-corrected chi connectivity index (χ0v) is 10.3. The van der Waals surface area contributed by atoms with Gasteiger partial charge in [0, 0.05) is 26.2 Å². The van der Waals surface area contributed by atoms with E-state index in [1.807, 2.05) is 17.0 Å². The molecule has 4 heteroatoms. The molecule has 2 aliphatic rings. The molecule has 1 aromatic carbocycles. The molecule has 0 aromatic heterocycles. The van der Waals surface area contributed by atoms with E-state index in [-0.39, 0.29) is 5.91 Å². The first-order valence-electron chi connectivity index (χ1n) is 6.00. The molecule has 0 saturated carbocycles. The summed E-state index contributed by atoms with van der Waals surface area (Å²) in [7, 11) is 0. The van der Waals surface area contributed by atoms with Crippen molar-refractivity contribution in [1.82, 2.24) is 10.2 Å². The fourth-order valence-electron chi connectivity index (χ4n) is 2.83. The molecule has 0 aliphatic carbocycles. The van der Waals surface area contributed by atoms with E-state index in [1.165, 1.54) is 0 Å². The topological polar surface area (TPSA) is 32.3 Å². The van der Waals surface area contributed by atoms with Crippen LogP contribution in [0.4, 0.5) is 0 Å². The van der Waals surface area contributed by atoms with Crippen LogP contribution < -0.4 is 5.32 Å². The number of hydrogen-bond acceptors (Lipinski definition) is 2. The summed E-state index contributed by atoms with van der Waals surface area (Å²) in [4.78, 5) is 14.3. The number of amides is 1. The van der Waals surface area contributed by atoms with Gasteiger partial charge in [-0.3, -0.25) is 4.79 Å². The van der Waals surface area contributed by atoms with Crippen LogP contribution in [0.15, 0.2) is 24.3 Å². The molecule has 3 rings (SSSR count). The number of likely N-dealkylation sites (tertiary alicyclic amines) is 1. The molecule has 90 valence electrons. The lowest BCUT2D eigenvalue weighted by Crippen LogP contribution is -2.32. The second-order valence-corrected chi connectivity index (χ2v) is 5.28. The van der Waals surface area contributed by atoms with Crippen molar-refractivity contribution in [3.8, 4) is 0 Å². The van der Waals surface area contributed by atoms with E-state index in [0.717, 1.165) is 26.2 Å². The van der Waals surface area contributed by atoms with Crippen LogP contribution >= 0.6 is 11.6 Å². The van der Waals surface area contributed by atoms with Gasteiger partial charge >= 0.3 is 0 Å². The van der Waals surface area contributed by atoms with Gasteiger partial charge in [0.05, 0.1) is 10.6 Å². The van der Waals surface area contributed by atoms with Crippen LogP contribution in [0.3, 0.4) is 0 Å². The van der Waals surface area contributed by atoms with Crippen molar-refractivity contribution in [3.05, 3.63) is 34.9 Å². The number of benzene rings is 1. The van der Waals surface area contributed by atoms with Gasteiger partial charge in [0.2, 0.25) is 0 Å². The lowest BCUT2D eigenvalue weighted by molar-refractivity contribution is 0.0782. The maximum Gasteiger partial charge on any atom is 0.255 e. The number of nitrogens with one attached hydrogen (secondary N) is 1. The van der Waals surface area contributed by atoms with Gasteiger partial charge in [-0.1, -0.05) is 23.7 Å². The molecular weight excluding hydrogens is 236 g/mol. The number of carbonyl (C=O) groups is 1. The van der Waals surface area contributed by atoms with Gasteiger partial charge in [-0.25, -0.2) is 0 Å². The average molecular weight is 251 g/mol. The van der Waals surface area contributed by atoms with Crippen molar-refractivity contribution in [2.24, 2.45) is 11.8 Å². The van der Waals surface area contributed by atoms with Crippen LogP contribution in [0.25, 0.3) is 0 Å². The van der Waals surface area contributed by atoms with Crippen molar-refractivity contribution in [2.75, 3.05) is 26.2 Å². The predicted molar refractivity (Wildman–Crippen MR) is 67.2 cm³/mol. The summed E-state index contributed by atoms with van der Waals surface area (Å²) >= 11 is 6.06. The van der Waals surface area contributed by atoms with Gasteiger partial charge in [0.1, 0.15) is 0 Å². The highest BCUT2D eigenvalue weighted by Crippen LogP contribution is 2.28. The molecule has 1 amide bonds. The zero-order valence-electron chi connectivity index (χ0n) is 9.53. The van der Waals surface area contributed by atoms with E-state index < -0.39 is 0 Å². The summed E-state index contributed by atoms with van der Waals surface area (Å²) in [5.74, 6) is 1.33. The summed E-state index contributed by atoms with van der Waals surface area (Å²) in [6.45, 7) is 3.80. The standard InChI is InChI=1S/C13H15ClN2O/c14-12-4-2-1-3-11(12)13(17)16-7-9-5-15-6-10(9)8-16/h1-4,9-10,15H,5-8H2/t9-,10-/m0/s1. The van der Waals surface area contributed by atoms with Gasteiger partial charge in [-0.15, -0.1) is 0 Å². The number of halogens is 1. The second kappa shape index (κ2) is 4.31. The number of hydrogen-bond donors (Lipinski definition) is 1. The highest BCUT2D eigenvalue weighted by Gasteiger charge is 2.38. The number of rotatable bonds is 1. The van der Waals surface area contributed by atoms with Crippen molar-refractivity contribution in [2.45, 2.75) is 0 Å². The molecule has 2 aliphatic heterocycles. The van der Waals surface area contributed by atoms with Crippen LogP contribution in [-0.4, -0.2) is 37.0 Å². The number of carbonyl (C=O) groups excluding carboxylic acids is 1. The lowest BCUT2D eigenvalue weighted by atomic mass is 10.0. The lowest BCUT2D eigenvalue weighted by Gasteiger charge is -2.18. The average Bonchev–Trinajstić information content (AvgIpc) is 2.88. The minimum Gasteiger partial charge on any atom is -0.338 e. The highest BCUT2D eigenvalue weighted by atomic mass is 35.5. The van der Waals surface area contributed by atoms with Crippen molar-refractivity contribution >= 4 is 17.5 Å². The third kappa shape index (κ3) is 1.94. The van der Waals surface area contributed by atoms with Gasteiger partial charge in [-0.05, 0) is 24.0 Å². The fourth-order valence-corrected chi connectivity index (χ4v) is 3.04. The minimum absolute atomic E-state index is 0.0741. The molecule has 0 unspecified atom stereocenters. The van der Waals surface area contributed by atoms with Crippen LogP contribution in [0.1, 0.15) is 10.4 Å². The first-order valence-corrected chi connectivity index (χ1v) is 6.38. The smallest absolute Gasteiger partial charge is 0.255 e. The molecule has 3 nitrogen and oxygen atoms in total. The molecule has 0 bridgehead atoms. The van der Waals surface area contributed by atoms with Crippen molar-refractivity contribution < 1.29 is 4.79 Å². The number of nitrogens with zero attached hydrogens (tertiary/aromatic N) is 1. The van der Waals surface area contributed by atoms with Crippen LogP contribution in [0.5, 0.6) is 0 Å². The second-order valence-electron chi connectivity index (χ2n) is 4.87. The zero-order chi connectivity index (χ0) is 11.8.